The first-order chi connectivity index (χ1) is 50.3. The van der Waals surface area contributed by atoms with Crippen molar-refractivity contribution in [2.75, 3.05) is 26.4 Å². The molecule has 0 bridgehead atoms. The summed E-state index contributed by atoms with van der Waals surface area (Å²) in [5, 5.41) is 121. The number of allylic oxidation sites excluding steroid dienone is 11. The van der Waals surface area contributed by atoms with Gasteiger partial charge in [0.2, 0.25) is 5.91 Å². The molecule has 3 aliphatic rings. The van der Waals surface area contributed by atoms with Crippen LogP contribution < -0.4 is 5.32 Å². The molecule has 3 heterocycles. The summed E-state index contributed by atoms with van der Waals surface area (Å²) in [6.45, 7) is 1.73. The molecule has 19 nitrogen and oxygen atoms in total. The van der Waals surface area contributed by atoms with Crippen LogP contribution in [0.1, 0.15) is 322 Å². The number of aliphatic hydroxyl groups excluding tert-OH is 11. The minimum Gasteiger partial charge on any atom is -0.394 e. The molecular weight excluding hydrogens is 1310 g/mol. The van der Waals surface area contributed by atoms with Gasteiger partial charge in [-0.05, 0) is 83.5 Å². The molecule has 1 amide bonds. The molecule has 19 heteroatoms. The molecule has 17 atom stereocenters. The summed E-state index contributed by atoms with van der Waals surface area (Å²) in [5.41, 5.74) is 0. The first kappa shape index (κ1) is 94.4. The van der Waals surface area contributed by atoms with E-state index in [-0.39, 0.29) is 18.9 Å². The minimum atomic E-state index is -1.99. The molecule has 0 aromatic heterocycles. The maximum atomic E-state index is 13.5. The monoisotopic (exact) mass is 1460 g/mol. The summed E-state index contributed by atoms with van der Waals surface area (Å²) in [5.74, 6) is -0.289. The molecule has 12 N–H and O–H groups in total. The normalized spacial score (nSPS) is 26.4. The van der Waals surface area contributed by atoms with Crippen molar-refractivity contribution in [3.05, 3.63) is 72.9 Å². The zero-order chi connectivity index (χ0) is 74.6. The van der Waals surface area contributed by atoms with Gasteiger partial charge in [-0.15, -0.1) is 0 Å². The van der Waals surface area contributed by atoms with Crippen LogP contribution in [0.5, 0.6) is 0 Å². The fourth-order valence-electron chi connectivity index (χ4n) is 13.8. The standard InChI is InChI=1S/C84H151NO18/c1-3-5-7-9-11-13-15-17-19-21-23-25-27-29-31-33-35-37-39-41-43-45-47-49-51-53-55-57-59-61-68(89)67(85-72(90)62-60-58-56-54-52-50-48-46-44-42-40-38-36-34-32-30-28-26-24-22-20-18-16-14-12-10-8-6-4-2)66-98-82-78(96)75(93)80(70(64-87)100-82)103-84-79(97)76(94)81(71(65-88)101-84)102-83-77(95)74(92)73(91)69(63-86)99-83/h16,18,22,24,28,30,43,45,51,53,59,61,67-71,73-84,86-89,91-97H,3-15,17,19-21,23,25-27,29,31-42,44,46-50,52,54-58,60,62-66H2,1-2H3,(H,85,90)/b18-16-,24-22-,30-28-,45-43+,53-51+,61-59+. The SMILES string of the molecule is CCCCCCC/C=C\C/C=C\C/C=C\CCCCCCCCCCCCCCCCC(=O)NC(COC1OC(CO)C(OC2OC(CO)C(OC3OC(CO)C(O)C(O)C3O)C(O)C2O)C(O)C1O)C(O)/C=C/CC/C=C/CC/C=C/CCCCCCCCCCCCCCCCCCCCC. The summed E-state index contributed by atoms with van der Waals surface area (Å²) in [7, 11) is 0. The Balaban J connectivity index is 1.39. The number of carbonyl (C=O) groups is 1. The Morgan fingerprint density at radius 1 is 0.350 bits per heavy atom. The highest BCUT2D eigenvalue weighted by molar-refractivity contribution is 5.76. The van der Waals surface area contributed by atoms with Gasteiger partial charge in [-0.1, -0.05) is 305 Å². The lowest BCUT2D eigenvalue weighted by Gasteiger charge is -2.48. The zero-order valence-electron chi connectivity index (χ0n) is 64.3. The molecule has 0 aromatic carbocycles. The van der Waals surface area contributed by atoms with E-state index in [0.29, 0.717) is 12.8 Å². The van der Waals surface area contributed by atoms with Crippen LogP contribution in [0, 0.1) is 0 Å². The maximum Gasteiger partial charge on any atom is 0.220 e. The van der Waals surface area contributed by atoms with Crippen molar-refractivity contribution < 1.29 is 89.4 Å². The Labute approximate surface area is 623 Å². The van der Waals surface area contributed by atoms with Gasteiger partial charge in [0.25, 0.3) is 0 Å². The van der Waals surface area contributed by atoms with E-state index in [0.717, 1.165) is 57.8 Å². The number of hydrogen-bond acceptors (Lipinski definition) is 18. The molecule has 0 spiro atoms. The van der Waals surface area contributed by atoms with E-state index in [1.54, 1.807) is 6.08 Å². The molecule has 3 aliphatic heterocycles. The van der Waals surface area contributed by atoms with Crippen LogP contribution in [0.2, 0.25) is 0 Å². The number of carbonyl (C=O) groups excluding carboxylic acids is 1. The number of amides is 1. The minimum absolute atomic E-state index is 0.229. The van der Waals surface area contributed by atoms with Crippen molar-refractivity contribution in [1.29, 1.82) is 0 Å². The molecule has 17 unspecified atom stereocenters. The Kier molecular flexibility index (Phi) is 58.8. The summed E-state index contributed by atoms with van der Waals surface area (Å²) >= 11 is 0. The van der Waals surface area contributed by atoms with Gasteiger partial charge in [-0.2, -0.15) is 0 Å². The molecule has 3 rings (SSSR count). The number of aliphatic hydroxyl groups is 11. The van der Waals surface area contributed by atoms with Gasteiger partial charge in [0.15, 0.2) is 18.9 Å². The van der Waals surface area contributed by atoms with Gasteiger partial charge in [0, 0.05) is 6.42 Å². The first-order valence-electron chi connectivity index (χ1n) is 41.7. The molecule has 0 saturated carbocycles. The van der Waals surface area contributed by atoms with E-state index in [4.69, 9.17) is 28.4 Å². The average molecular weight is 1460 g/mol. The predicted octanol–water partition coefficient (Wildman–Crippen LogP) is 14.4. The third-order valence-electron chi connectivity index (χ3n) is 20.5. The number of unbranched alkanes of at least 4 members (excludes halogenated alkanes) is 40. The smallest absolute Gasteiger partial charge is 0.220 e. The quantitative estimate of drug-likeness (QED) is 0.0199. The topological polar surface area (TPSA) is 307 Å². The van der Waals surface area contributed by atoms with E-state index in [2.05, 4.69) is 79.9 Å². The van der Waals surface area contributed by atoms with Crippen molar-refractivity contribution >= 4 is 5.91 Å². The van der Waals surface area contributed by atoms with Crippen molar-refractivity contribution in [1.82, 2.24) is 5.32 Å². The molecule has 0 aliphatic carbocycles. The van der Waals surface area contributed by atoms with Crippen LogP contribution >= 0.6 is 0 Å². The second kappa shape index (κ2) is 64.1. The highest BCUT2D eigenvalue weighted by Gasteiger charge is 2.54. The first-order valence-corrected chi connectivity index (χ1v) is 41.7. The highest BCUT2D eigenvalue weighted by Crippen LogP contribution is 2.33. The fraction of sp³-hybridized carbons (Fsp3) is 0.845. The molecule has 0 aromatic rings. The van der Waals surface area contributed by atoms with Gasteiger partial charge in [0.1, 0.15) is 73.2 Å². The maximum absolute atomic E-state index is 13.5. The molecular formula is C84H151NO18. The van der Waals surface area contributed by atoms with Crippen LogP contribution in [0.3, 0.4) is 0 Å². The number of rotatable bonds is 66. The van der Waals surface area contributed by atoms with E-state index in [9.17, 15) is 61.0 Å². The predicted molar refractivity (Wildman–Crippen MR) is 411 cm³/mol. The lowest BCUT2D eigenvalue weighted by molar-refractivity contribution is -0.379. The van der Waals surface area contributed by atoms with E-state index < -0.39 is 124 Å². The highest BCUT2D eigenvalue weighted by atomic mass is 16.8. The Morgan fingerprint density at radius 2 is 0.650 bits per heavy atom. The Morgan fingerprint density at radius 3 is 1.04 bits per heavy atom. The lowest BCUT2D eigenvalue weighted by Crippen LogP contribution is -2.66. The summed E-state index contributed by atoms with van der Waals surface area (Å²) in [6.07, 6.45) is 57.5. The summed E-state index contributed by atoms with van der Waals surface area (Å²) < 4.78 is 34.4. The molecule has 0 radical (unpaired) electrons. The van der Waals surface area contributed by atoms with Crippen LogP contribution in [-0.2, 0) is 33.2 Å². The van der Waals surface area contributed by atoms with Crippen LogP contribution in [-0.4, -0.2) is 193 Å². The van der Waals surface area contributed by atoms with Gasteiger partial charge in [-0.25, -0.2) is 0 Å². The molecule has 103 heavy (non-hydrogen) atoms. The van der Waals surface area contributed by atoms with Gasteiger partial charge in [-0.3, -0.25) is 4.79 Å². The van der Waals surface area contributed by atoms with Gasteiger partial charge >= 0.3 is 0 Å². The summed E-state index contributed by atoms with van der Waals surface area (Å²) in [6, 6.07) is -1.00. The summed E-state index contributed by atoms with van der Waals surface area (Å²) in [4.78, 5) is 13.5. The Hall–Kier alpha value is -2.77. The van der Waals surface area contributed by atoms with Crippen molar-refractivity contribution in [2.45, 2.75) is 426 Å². The largest absolute Gasteiger partial charge is 0.394 e. The number of nitrogens with one attached hydrogen (secondary N) is 1. The molecule has 600 valence electrons. The third-order valence-corrected chi connectivity index (χ3v) is 20.5. The number of ether oxygens (including phenoxy) is 6. The molecule has 3 fully saturated rings. The van der Waals surface area contributed by atoms with Gasteiger partial charge < -0.3 is 89.9 Å². The van der Waals surface area contributed by atoms with Crippen LogP contribution in [0.4, 0.5) is 0 Å². The van der Waals surface area contributed by atoms with Crippen molar-refractivity contribution in [2.24, 2.45) is 0 Å². The van der Waals surface area contributed by atoms with Crippen LogP contribution in [0.25, 0.3) is 0 Å². The molecule has 3 saturated heterocycles. The lowest BCUT2D eigenvalue weighted by atomic mass is 9.96. The number of hydrogen-bond donors (Lipinski definition) is 12. The van der Waals surface area contributed by atoms with Crippen LogP contribution in [0.15, 0.2) is 72.9 Å². The zero-order valence-corrected chi connectivity index (χ0v) is 64.3. The fourth-order valence-corrected chi connectivity index (χ4v) is 13.8. The van der Waals surface area contributed by atoms with E-state index in [1.165, 1.54) is 231 Å². The third kappa shape index (κ3) is 43.9. The van der Waals surface area contributed by atoms with Crippen molar-refractivity contribution in [3.8, 4) is 0 Å². The second-order valence-corrected chi connectivity index (χ2v) is 29.6. The van der Waals surface area contributed by atoms with E-state index in [1.807, 2.05) is 6.08 Å². The second-order valence-electron chi connectivity index (χ2n) is 29.6. The van der Waals surface area contributed by atoms with Gasteiger partial charge in [0.05, 0.1) is 38.6 Å². The van der Waals surface area contributed by atoms with E-state index >= 15 is 0 Å². The Bertz CT molecular complexity index is 2140. The van der Waals surface area contributed by atoms with Crippen molar-refractivity contribution in [3.63, 3.8) is 0 Å². The average Bonchev–Trinajstić information content (AvgIpc) is 0.781.